The molecule has 0 radical (unpaired) electrons. The fourth-order valence-corrected chi connectivity index (χ4v) is 2.80. The lowest BCUT2D eigenvalue weighted by atomic mass is 10.1. The number of nitrogens with zero attached hydrogens (tertiary/aromatic N) is 2. The third-order valence-corrected chi connectivity index (χ3v) is 4.26. The van der Waals surface area contributed by atoms with Crippen LogP contribution in [0.15, 0.2) is 54.9 Å². The van der Waals surface area contributed by atoms with E-state index in [0.29, 0.717) is 41.8 Å². The van der Waals surface area contributed by atoms with E-state index in [0.717, 1.165) is 5.69 Å². The second-order valence-electron chi connectivity index (χ2n) is 6.36. The Morgan fingerprint density at radius 1 is 0.897 bits per heavy atom. The standard InChI is InChI=1S/C21H18N4O4/c1-13(26)14-2-4-15(5-3-14)24-20-11-17(22-12-23-20)21(27)25-16-6-7-18-19(10-16)29-9-8-28-18/h2-7,10-12H,8-9H2,1H3,(H,25,27)(H,22,23,24). The van der Waals surface area contributed by atoms with Crippen molar-refractivity contribution in [1.82, 2.24) is 9.97 Å². The number of carbonyl (C=O) groups excluding carboxylic acids is 2. The van der Waals surface area contributed by atoms with Crippen LogP contribution in [-0.2, 0) is 0 Å². The number of aromatic nitrogens is 2. The molecule has 0 spiro atoms. The van der Waals surface area contributed by atoms with Crippen LogP contribution >= 0.6 is 0 Å². The molecule has 0 fully saturated rings. The van der Waals surface area contributed by atoms with Crippen LogP contribution in [0, 0.1) is 0 Å². The van der Waals surface area contributed by atoms with Gasteiger partial charge in [0.2, 0.25) is 0 Å². The highest BCUT2D eigenvalue weighted by molar-refractivity contribution is 6.03. The Kier molecular flexibility index (Phi) is 5.07. The molecule has 0 saturated carbocycles. The molecule has 1 aliphatic heterocycles. The monoisotopic (exact) mass is 390 g/mol. The molecule has 4 rings (SSSR count). The minimum atomic E-state index is -0.376. The van der Waals surface area contributed by atoms with E-state index in [1.54, 1.807) is 48.5 Å². The molecule has 8 heteroatoms. The lowest BCUT2D eigenvalue weighted by molar-refractivity contribution is 0.101. The van der Waals surface area contributed by atoms with Crippen molar-refractivity contribution in [2.24, 2.45) is 0 Å². The molecule has 0 aliphatic carbocycles. The summed E-state index contributed by atoms with van der Waals surface area (Å²) >= 11 is 0. The average molecular weight is 390 g/mol. The smallest absolute Gasteiger partial charge is 0.274 e. The molecule has 1 aliphatic rings. The van der Waals surface area contributed by atoms with E-state index in [-0.39, 0.29) is 17.4 Å². The van der Waals surface area contributed by atoms with Gasteiger partial charge in [0.05, 0.1) is 0 Å². The number of nitrogens with one attached hydrogen (secondary N) is 2. The molecule has 1 amide bonds. The molecule has 2 heterocycles. The summed E-state index contributed by atoms with van der Waals surface area (Å²) in [6, 6.07) is 13.7. The number of amides is 1. The molecular formula is C21H18N4O4. The van der Waals surface area contributed by atoms with Gasteiger partial charge in [-0.3, -0.25) is 9.59 Å². The van der Waals surface area contributed by atoms with Gasteiger partial charge >= 0.3 is 0 Å². The minimum absolute atomic E-state index is 0.00307. The Morgan fingerprint density at radius 2 is 1.62 bits per heavy atom. The van der Waals surface area contributed by atoms with Crippen molar-refractivity contribution in [3.05, 3.63) is 66.1 Å². The van der Waals surface area contributed by atoms with Gasteiger partial charge in [0.15, 0.2) is 17.3 Å². The number of ether oxygens (including phenoxy) is 2. The summed E-state index contributed by atoms with van der Waals surface area (Å²) in [6.07, 6.45) is 1.31. The predicted molar refractivity (Wildman–Crippen MR) is 107 cm³/mol. The van der Waals surface area contributed by atoms with Crippen molar-refractivity contribution in [2.45, 2.75) is 6.92 Å². The van der Waals surface area contributed by atoms with Gasteiger partial charge in [0.1, 0.15) is 31.1 Å². The second kappa shape index (κ2) is 7.97. The molecule has 0 unspecified atom stereocenters. The van der Waals surface area contributed by atoms with E-state index >= 15 is 0 Å². The number of carbonyl (C=O) groups is 2. The summed E-state index contributed by atoms with van der Waals surface area (Å²) in [5, 5.41) is 5.88. The Bertz CT molecular complexity index is 1070. The number of hydrogen-bond acceptors (Lipinski definition) is 7. The van der Waals surface area contributed by atoms with Crippen molar-refractivity contribution in [2.75, 3.05) is 23.8 Å². The summed E-state index contributed by atoms with van der Waals surface area (Å²) < 4.78 is 11.0. The molecule has 1 aromatic heterocycles. The normalized spacial score (nSPS) is 12.2. The first kappa shape index (κ1) is 18.4. The van der Waals surface area contributed by atoms with Crippen LogP contribution in [-0.4, -0.2) is 34.9 Å². The van der Waals surface area contributed by atoms with Gasteiger partial charge in [-0.15, -0.1) is 0 Å². The summed E-state index contributed by atoms with van der Waals surface area (Å²) in [5.41, 5.74) is 2.15. The maximum Gasteiger partial charge on any atom is 0.274 e. The Morgan fingerprint density at radius 3 is 2.38 bits per heavy atom. The largest absolute Gasteiger partial charge is 0.486 e. The van der Waals surface area contributed by atoms with Crippen molar-refractivity contribution in [3.63, 3.8) is 0 Å². The molecular weight excluding hydrogens is 372 g/mol. The van der Waals surface area contributed by atoms with E-state index in [1.165, 1.54) is 13.3 Å². The van der Waals surface area contributed by atoms with E-state index in [1.807, 2.05) is 0 Å². The first-order valence-electron chi connectivity index (χ1n) is 8.99. The number of benzene rings is 2. The van der Waals surface area contributed by atoms with Crippen molar-refractivity contribution in [1.29, 1.82) is 0 Å². The topological polar surface area (TPSA) is 102 Å². The van der Waals surface area contributed by atoms with Gasteiger partial charge in [-0.05, 0) is 43.3 Å². The number of hydrogen-bond donors (Lipinski definition) is 2. The highest BCUT2D eigenvalue weighted by Crippen LogP contribution is 2.32. The third-order valence-electron chi connectivity index (χ3n) is 4.26. The fraction of sp³-hybridized carbons (Fsp3) is 0.143. The van der Waals surface area contributed by atoms with E-state index in [9.17, 15) is 9.59 Å². The molecule has 29 heavy (non-hydrogen) atoms. The zero-order valence-corrected chi connectivity index (χ0v) is 15.6. The maximum atomic E-state index is 12.6. The third kappa shape index (κ3) is 4.32. The molecule has 0 bridgehead atoms. The number of anilines is 3. The maximum absolute atomic E-state index is 12.6. The van der Waals surface area contributed by atoms with Crippen molar-refractivity contribution in [3.8, 4) is 11.5 Å². The van der Waals surface area contributed by atoms with Crippen LogP contribution < -0.4 is 20.1 Å². The lowest BCUT2D eigenvalue weighted by Gasteiger charge is -2.19. The van der Waals surface area contributed by atoms with Crippen LogP contribution in [0.25, 0.3) is 0 Å². The molecule has 146 valence electrons. The zero-order chi connectivity index (χ0) is 20.2. The number of Topliss-reactive ketones (excluding diaryl/α,β-unsaturated/α-hetero) is 1. The van der Waals surface area contributed by atoms with Gasteiger partial charge in [-0.1, -0.05) is 0 Å². The molecule has 0 atom stereocenters. The highest BCUT2D eigenvalue weighted by Gasteiger charge is 2.14. The molecule has 2 N–H and O–H groups in total. The van der Waals surface area contributed by atoms with Gasteiger partial charge in [-0.2, -0.15) is 0 Å². The highest BCUT2D eigenvalue weighted by atomic mass is 16.6. The first-order chi connectivity index (χ1) is 14.1. The Labute approximate surface area is 166 Å². The van der Waals surface area contributed by atoms with Crippen LogP contribution in [0.3, 0.4) is 0 Å². The van der Waals surface area contributed by atoms with Crippen LogP contribution in [0.4, 0.5) is 17.2 Å². The SMILES string of the molecule is CC(=O)c1ccc(Nc2cc(C(=O)Nc3ccc4c(c3)OCCO4)ncn2)cc1. The van der Waals surface area contributed by atoms with Crippen LogP contribution in [0.5, 0.6) is 11.5 Å². The van der Waals surface area contributed by atoms with Crippen molar-refractivity contribution >= 4 is 28.9 Å². The van der Waals surface area contributed by atoms with Gasteiger partial charge in [0.25, 0.3) is 5.91 Å². The fourth-order valence-electron chi connectivity index (χ4n) is 2.80. The summed E-state index contributed by atoms with van der Waals surface area (Å²) in [5.74, 6) is 1.32. The second-order valence-corrected chi connectivity index (χ2v) is 6.36. The quantitative estimate of drug-likeness (QED) is 0.643. The lowest BCUT2D eigenvalue weighted by Crippen LogP contribution is -2.17. The Hall–Kier alpha value is -3.94. The van der Waals surface area contributed by atoms with Crippen molar-refractivity contribution < 1.29 is 19.1 Å². The molecule has 3 aromatic rings. The van der Waals surface area contributed by atoms with Gasteiger partial charge < -0.3 is 20.1 Å². The number of rotatable bonds is 5. The molecule has 0 saturated heterocycles. The zero-order valence-electron chi connectivity index (χ0n) is 15.6. The van der Waals surface area contributed by atoms with E-state index in [4.69, 9.17) is 9.47 Å². The summed E-state index contributed by atoms with van der Waals surface area (Å²) in [7, 11) is 0. The van der Waals surface area contributed by atoms with E-state index < -0.39 is 0 Å². The van der Waals surface area contributed by atoms with Gasteiger partial charge in [-0.25, -0.2) is 9.97 Å². The summed E-state index contributed by atoms with van der Waals surface area (Å²) in [4.78, 5) is 32.1. The number of fused-ring (bicyclic) bond motifs is 1. The summed E-state index contributed by atoms with van der Waals surface area (Å²) in [6.45, 7) is 2.49. The van der Waals surface area contributed by atoms with Gasteiger partial charge in [0, 0.05) is 29.1 Å². The first-order valence-corrected chi connectivity index (χ1v) is 8.99. The average Bonchev–Trinajstić information content (AvgIpc) is 2.74. The van der Waals surface area contributed by atoms with Crippen LogP contribution in [0.2, 0.25) is 0 Å². The molecule has 8 nitrogen and oxygen atoms in total. The van der Waals surface area contributed by atoms with E-state index in [2.05, 4.69) is 20.6 Å². The Balaban J connectivity index is 1.46. The predicted octanol–water partition coefficient (Wildman–Crippen LogP) is 3.45. The van der Waals surface area contributed by atoms with Crippen LogP contribution in [0.1, 0.15) is 27.8 Å². The molecule has 2 aromatic carbocycles. The minimum Gasteiger partial charge on any atom is -0.486 e. The number of ketones is 1.